The Morgan fingerprint density at radius 1 is 1.03 bits per heavy atom. The van der Waals surface area contributed by atoms with Crippen LogP contribution in [0.25, 0.3) is 0 Å². The second-order valence-electron chi connectivity index (χ2n) is 13.7. The van der Waals surface area contributed by atoms with Crippen molar-refractivity contribution in [3.05, 3.63) is 12.7 Å². The van der Waals surface area contributed by atoms with E-state index in [1.165, 1.54) is 83.7 Å². The summed E-state index contributed by atoms with van der Waals surface area (Å²) in [6.45, 7) is 14.9. The summed E-state index contributed by atoms with van der Waals surface area (Å²) in [5.41, 5.74) is 0.530. The Bertz CT molecular complexity index is 759. The number of ketones is 1. The normalized spacial score (nSPS) is 46.0. The van der Waals surface area contributed by atoms with Crippen molar-refractivity contribution in [1.29, 1.82) is 0 Å². The molecule has 0 aromatic carbocycles. The standard InChI is InChI=1S/C32H53NO2/c1-5-7-11-19-35-30-28(33-17-9-8-10-18-33)21-27-25-14-13-24-20-23(12-6-2)29(34)22-32(24,4)26(25)15-16-31(27,30)3/h6,23-28,30H,2,5,7-22H2,1,3-4H3/t23-,24+,25-,26+,27+,28+,30+,31+,32+/m1/s1. The Labute approximate surface area is 215 Å². The second-order valence-corrected chi connectivity index (χ2v) is 13.7. The van der Waals surface area contributed by atoms with Gasteiger partial charge < -0.3 is 4.74 Å². The predicted molar refractivity (Wildman–Crippen MR) is 144 cm³/mol. The first-order valence-electron chi connectivity index (χ1n) is 15.4. The van der Waals surface area contributed by atoms with Crippen molar-refractivity contribution in [1.82, 2.24) is 4.90 Å². The van der Waals surface area contributed by atoms with E-state index in [1.807, 2.05) is 6.08 Å². The van der Waals surface area contributed by atoms with E-state index in [0.29, 0.717) is 23.3 Å². The number of carbonyl (C=O) groups is 1. The molecule has 0 amide bonds. The Balaban J connectivity index is 1.37. The molecule has 5 aliphatic rings. The Morgan fingerprint density at radius 2 is 1.83 bits per heavy atom. The summed E-state index contributed by atoms with van der Waals surface area (Å²) < 4.78 is 6.91. The van der Waals surface area contributed by atoms with Gasteiger partial charge in [0.15, 0.2) is 0 Å². The fourth-order valence-corrected chi connectivity index (χ4v) is 10.0. The highest BCUT2D eigenvalue weighted by molar-refractivity contribution is 5.82. The topological polar surface area (TPSA) is 29.5 Å². The number of hydrogen-bond acceptors (Lipinski definition) is 3. The molecule has 4 aliphatic carbocycles. The molecular weight excluding hydrogens is 430 g/mol. The molecule has 5 rings (SSSR count). The minimum absolute atomic E-state index is 0.222. The van der Waals surface area contributed by atoms with Crippen LogP contribution >= 0.6 is 0 Å². The molecule has 0 N–H and O–H groups in total. The predicted octanol–water partition coefficient (Wildman–Crippen LogP) is 7.44. The van der Waals surface area contributed by atoms with Crippen LogP contribution in [-0.2, 0) is 9.53 Å². The van der Waals surface area contributed by atoms with Crippen LogP contribution in [0.5, 0.6) is 0 Å². The van der Waals surface area contributed by atoms with E-state index in [-0.39, 0.29) is 11.3 Å². The van der Waals surface area contributed by atoms with Crippen LogP contribution in [0.15, 0.2) is 12.7 Å². The average molecular weight is 484 g/mol. The monoisotopic (exact) mass is 483 g/mol. The van der Waals surface area contributed by atoms with Gasteiger partial charge in [-0.15, -0.1) is 6.58 Å². The summed E-state index contributed by atoms with van der Waals surface area (Å²) in [5, 5.41) is 0. The third-order valence-electron chi connectivity index (χ3n) is 11.9. The van der Waals surface area contributed by atoms with Gasteiger partial charge >= 0.3 is 0 Å². The molecule has 1 saturated heterocycles. The van der Waals surface area contributed by atoms with Gasteiger partial charge in [0.1, 0.15) is 5.78 Å². The highest BCUT2D eigenvalue weighted by Gasteiger charge is 2.64. The first kappa shape index (κ1) is 26.0. The van der Waals surface area contributed by atoms with E-state index in [2.05, 4.69) is 32.3 Å². The summed E-state index contributed by atoms with van der Waals surface area (Å²) in [6.07, 6.45) is 19.8. The first-order valence-corrected chi connectivity index (χ1v) is 15.4. The Morgan fingerprint density at radius 3 is 2.57 bits per heavy atom. The quantitative estimate of drug-likeness (QED) is 0.265. The van der Waals surface area contributed by atoms with Crippen LogP contribution in [0.2, 0.25) is 0 Å². The molecule has 0 unspecified atom stereocenters. The van der Waals surface area contributed by atoms with Crippen LogP contribution in [-0.4, -0.2) is 42.5 Å². The number of rotatable bonds is 8. The lowest BCUT2D eigenvalue weighted by Gasteiger charge is -2.60. The minimum atomic E-state index is 0.222. The van der Waals surface area contributed by atoms with Crippen molar-refractivity contribution in [3.63, 3.8) is 0 Å². The lowest BCUT2D eigenvalue weighted by Crippen LogP contribution is -2.56. The molecule has 3 nitrogen and oxygen atoms in total. The zero-order valence-corrected chi connectivity index (χ0v) is 23.1. The average Bonchev–Trinajstić information content (AvgIpc) is 3.15. The third-order valence-corrected chi connectivity index (χ3v) is 11.9. The van der Waals surface area contributed by atoms with E-state index < -0.39 is 0 Å². The van der Waals surface area contributed by atoms with E-state index in [1.54, 1.807) is 0 Å². The smallest absolute Gasteiger partial charge is 0.136 e. The van der Waals surface area contributed by atoms with Gasteiger partial charge in [0.2, 0.25) is 0 Å². The van der Waals surface area contributed by atoms with Crippen molar-refractivity contribution >= 4 is 5.78 Å². The lowest BCUT2D eigenvalue weighted by molar-refractivity contribution is -0.154. The molecule has 9 atom stereocenters. The molecule has 3 heteroatoms. The van der Waals surface area contributed by atoms with Crippen LogP contribution < -0.4 is 0 Å². The van der Waals surface area contributed by atoms with Gasteiger partial charge in [-0.1, -0.05) is 46.1 Å². The van der Waals surface area contributed by atoms with Gasteiger partial charge in [-0.25, -0.2) is 0 Å². The van der Waals surface area contributed by atoms with Crippen LogP contribution in [0, 0.1) is 40.4 Å². The number of likely N-dealkylation sites (tertiary alicyclic amines) is 1. The number of piperidine rings is 1. The second kappa shape index (κ2) is 10.6. The van der Waals surface area contributed by atoms with Gasteiger partial charge in [-0.3, -0.25) is 9.69 Å². The molecular formula is C32H53NO2. The summed E-state index contributed by atoms with van der Waals surface area (Å²) >= 11 is 0. The number of Topliss-reactive ketones (excluding diaryl/α,β-unsaturated/α-hetero) is 1. The van der Waals surface area contributed by atoms with Gasteiger partial charge in [0, 0.05) is 25.0 Å². The summed E-state index contributed by atoms with van der Waals surface area (Å²) in [6, 6.07) is 0.612. The molecule has 0 radical (unpaired) electrons. The molecule has 5 fully saturated rings. The Kier molecular flexibility index (Phi) is 7.86. The molecule has 0 aromatic heterocycles. The number of hydrogen-bond donors (Lipinski definition) is 0. The fraction of sp³-hybridized carbons (Fsp3) is 0.906. The zero-order valence-electron chi connectivity index (χ0n) is 23.1. The maximum absolute atomic E-state index is 13.2. The van der Waals surface area contributed by atoms with Crippen molar-refractivity contribution in [2.24, 2.45) is 40.4 Å². The highest BCUT2D eigenvalue weighted by Crippen LogP contribution is 2.67. The SMILES string of the molecule is C=CC[C@@H]1C[C@@H]2CC[C@@H]3[C@H](CC[C@@]4(C)[C@H]3C[C@H](N3CCCCC3)[C@@H]4OCCCCC)[C@@]2(C)CC1=O. The van der Waals surface area contributed by atoms with Crippen LogP contribution in [0.3, 0.4) is 0 Å². The van der Waals surface area contributed by atoms with E-state index in [9.17, 15) is 4.79 Å². The molecule has 198 valence electrons. The summed E-state index contributed by atoms with van der Waals surface area (Å²) in [7, 11) is 0. The number of allylic oxidation sites excluding steroid dienone is 1. The van der Waals surface area contributed by atoms with Gasteiger partial charge in [-0.2, -0.15) is 0 Å². The molecule has 0 bridgehead atoms. The van der Waals surface area contributed by atoms with E-state index in [4.69, 9.17) is 4.74 Å². The van der Waals surface area contributed by atoms with E-state index >= 15 is 0 Å². The fourth-order valence-electron chi connectivity index (χ4n) is 10.0. The molecule has 1 aliphatic heterocycles. The number of fused-ring (bicyclic) bond motifs is 5. The number of ether oxygens (including phenoxy) is 1. The largest absolute Gasteiger partial charge is 0.376 e. The minimum Gasteiger partial charge on any atom is -0.376 e. The van der Waals surface area contributed by atoms with Crippen molar-refractivity contribution in [3.8, 4) is 0 Å². The van der Waals surface area contributed by atoms with Crippen molar-refractivity contribution in [2.75, 3.05) is 19.7 Å². The van der Waals surface area contributed by atoms with Gasteiger partial charge in [-0.05, 0) is 112 Å². The summed E-state index contributed by atoms with van der Waals surface area (Å²) in [4.78, 5) is 16.1. The van der Waals surface area contributed by atoms with Gasteiger partial charge in [0.25, 0.3) is 0 Å². The van der Waals surface area contributed by atoms with Crippen molar-refractivity contribution < 1.29 is 9.53 Å². The van der Waals surface area contributed by atoms with E-state index in [0.717, 1.165) is 49.5 Å². The maximum atomic E-state index is 13.2. The third kappa shape index (κ3) is 4.60. The lowest BCUT2D eigenvalue weighted by atomic mass is 9.44. The number of nitrogens with zero attached hydrogens (tertiary/aromatic N) is 1. The van der Waals surface area contributed by atoms with Crippen LogP contribution in [0.4, 0.5) is 0 Å². The maximum Gasteiger partial charge on any atom is 0.136 e. The van der Waals surface area contributed by atoms with Crippen molar-refractivity contribution in [2.45, 2.75) is 123 Å². The molecule has 4 saturated carbocycles. The zero-order chi connectivity index (χ0) is 24.6. The molecule has 0 aromatic rings. The Hall–Kier alpha value is -0.670. The molecule has 1 heterocycles. The highest BCUT2D eigenvalue weighted by atomic mass is 16.5. The number of carbonyl (C=O) groups excluding carboxylic acids is 1. The van der Waals surface area contributed by atoms with Crippen LogP contribution in [0.1, 0.15) is 111 Å². The molecule has 0 spiro atoms. The summed E-state index contributed by atoms with van der Waals surface area (Å²) in [5.74, 6) is 3.79. The van der Waals surface area contributed by atoms with Gasteiger partial charge in [0.05, 0.1) is 6.10 Å². The first-order chi connectivity index (χ1) is 16.9. The molecule has 35 heavy (non-hydrogen) atoms. The number of unbranched alkanes of at least 4 members (excludes halogenated alkanes) is 2.